The van der Waals surface area contributed by atoms with Gasteiger partial charge in [-0.15, -0.1) is 0 Å². The Labute approximate surface area is 201 Å². The molecular formula is C22H14ClF2N3O6S. The van der Waals surface area contributed by atoms with Crippen LogP contribution >= 0.6 is 11.6 Å². The Morgan fingerprint density at radius 3 is 2.57 bits per heavy atom. The molecule has 5 rings (SSSR count). The Morgan fingerprint density at radius 1 is 1.00 bits per heavy atom. The molecule has 0 spiro atoms. The standard InChI is InChI=1S/C22H14ClF2N3O6S/c23-14-3-10-5-20(21(14)29)35(31,32)28-18-6-12(15(24)8-16(18)25)13-7-17-11(9-26-27-17)4-19(13)33-1-2-34-22(10)30/h3-9,28-29H,1-2H2,(H,26,27). The van der Waals surface area contributed by atoms with Crippen LogP contribution in [-0.2, 0) is 14.8 Å². The summed E-state index contributed by atoms with van der Waals surface area (Å²) in [6.07, 6.45) is 1.51. The number of sulfonamides is 1. The molecule has 1 aromatic heterocycles. The predicted octanol–water partition coefficient (Wildman–Crippen LogP) is 4.22. The molecule has 9 nitrogen and oxygen atoms in total. The van der Waals surface area contributed by atoms with E-state index in [1.54, 1.807) is 6.07 Å². The molecule has 0 saturated carbocycles. The number of esters is 1. The fourth-order valence-corrected chi connectivity index (χ4v) is 5.08. The third kappa shape index (κ3) is 4.10. The van der Waals surface area contributed by atoms with Crippen molar-refractivity contribution in [2.24, 2.45) is 0 Å². The minimum absolute atomic E-state index is 0.146. The van der Waals surface area contributed by atoms with Crippen molar-refractivity contribution >= 4 is 44.2 Å². The van der Waals surface area contributed by atoms with E-state index in [1.807, 2.05) is 4.72 Å². The first-order valence-corrected chi connectivity index (χ1v) is 11.8. The van der Waals surface area contributed by atoms with Gasteiger partial charge in [0.05, 0.1) is 28.0 Å². The zero-order valence-corrected chi connectivity index (χ0v) is 19.0. The number of rotatable bonds is 0. The number of aromatic nitrogens is 2. The number of cyclic esters (lactones) is 1. The summed E-state index contributed by atoms with van der Waals surface area (Å²) in [4.78, 5) is 11.7. The summed E-state index contributed by atoms with van der Waals surface area (Å²) in [5.74, 6) is -3.85. The molecular weight excluding hydrogens is 508 g/mol. The highest BCUT2D eigenvalue weighted by Gasteiger charge is 2.27. The van der Waals surface area contributed by atoms with E-state index >= 15 is 0 Å². The van der Waals surface area contributed by atoms with Gasteiger partial charge in [0.1, 0.15) is 35.5 Å². The zero-order valence-electron chi connectivity index (χ0n) is 17.4. The molecule has 0 saturated heterocycles. The van der Waals surface area contributed by atoms with Gasteiger partial charge in [-0.1, -0.05) is 11.6 Å². The third-order valence-corrected chi connectivity index (χ3v) is 6.93. The topological polar surface area (TPSA) is 131 Å². The Balaban J connectivity index is 1.74. The monoisotopic (exact) mass is 521 g/mol. The van der Waals surface area contributed by atoms with Crippen molar-refractivity contribution in [3.63, 3.8) is 0 Å². The number of phenols is 1. The van der Waals surface area contributed by atoms with Gasteiger partial charge >= 0.3 is 5.97 Å². The number of halogens is 3. The van der Waals surface area contributed by atoms with E-state index in [2.05, 4.69) is 10.2 Å². The van der Waals surface area contributed by atoms with Gasteiger partial charge in [-0.05, 0) is 30.3 Å². The number of carbonyl (C=O) groups excluding carboxylic acids is 1. The van der Waals surface area contributed by atoms with Gasteiger partial charge in [0.25, 0.3) is 10.0 Å². The number of benzene rings is 3. The average molecular weight is 522 g/mol. The second-order valence-electron chi connectivity index (χ2n) is 7.51. The van der Waals surface area contributed by atoms with Crippen molar-refractivity contribution in [1.29, 1.82) is 0 Å². The number of nitrogens with zero attached hydrogens (tertiary/aromatic N) is 1. The summed E-state index contributed by atoms with van der Waals surface area (Å²) >= 11 is 5.92. The highest BCUT2D eigenvalue weighted by molar-refractivity contribution is 7.92. The fraction of sp³-hybridized carbons (Fsp3) is 0.0909. The van der Waals surface area contributed by atoms with Gasteiger partial charge in [-0.25, -0.2) is 22.0 Å². The first kappa shape index (κ1) is 22.9. The quantitative estimate of drug-likeness (QED) is 0.295. The number of ether oxygens (including phenoxy) is 2. The molecule has 1 aliphatic heterocycles. The van der Waals surface area contributed by atoms with Crippen LogP contribution in [0.1, 0.15) is 10.4 Å². The van der Waals surface area contributed by atoms with Crippen LogP contribution in [0.25, 0.3) is 22.0 Å². The second kappa shape index (κ2) is 8.40. The molecule has 35 heavy (non-hydrogen) atoms. The third-order valence-electron chi connectivity index (χ3n) is 5.26. The van der Waals surface area contributed by atoms with Crippen LogP contribution in [-0.4, -0.2) is 42.9 Å². The summed E-state index contributed by atoms with van der Waals surface area (Å²) in [6.45, 7) is -0.398. The first-order valence-electron chi connectivity index (χ1n) is 9.96. The molecule has 4 bridgehead atoms. The highest BCUT2D eigenvalue weighted by Crippen LogP contribution is 2.39. The van der Waals surface area contributed by atoms with E-state index in [0.29, 0.717) is 17.0 Å². The average Bonchev–Trinajstić information content (AvgIpc) is 3.26. The molecule has 0 fully saturated rings. The van der Waals surface area contributed by atoms with Gasteiger partial charge in [-0.3, -0.25) is 9.82 Å². The van der Waals surface area contributed by atoms with Crippen molar-refractivity contribution < 1.29 is 36.6 Å². The van der Waals surface area contributed by atoms with E-state index in [9.17, 15) is 27.1 Å². The maximum atomic E-state index is 14.9. The number of hydrogen-bond acceptors (Lipinski definition) is 7. The fourth-order valence-electron chi connectivity index (χ4n) is 3.60. The van der Waals surface area contributed by atoms with E-state index in [4.69, 9.17) is 21.1 Å². The van der Waals surface area contributed by atoms with Gasteiger partial charge in [0, 0.05) is 22.6 Å². The summed E-state index contributed by atoms with van der Waals surface area (Å²) in [7, 11) is -4.69. The van der Waals surface area contributed by atoms with Crippen LogP contribution in [0.2, 0.25) is 5.02 Å². The molecule has 0 aliphatic carbocycles. The van der Waals surface area contributed by atoms with Crippen LogP contribution < -0.4 is 9.46 Å². The van der Waals surface area contributed by atoms with Gasteiger partial charge in [0.2, 0.25) is 0 Å². The number of aromatic amines is 1. The lowest BCUT2D eigenvalue weighted by molar-refractivity contribution is 0.0450. The predicted molar refractivity (Wildman–Crippen MR) is 121 cm³/mol. The second-order valence-corrected chi connectivity index (χ2v) is 9.57. The molecule has 3 N–H and O–H groups in total. The lowest BCUT2D eigenvalue weighted by atomic mass is 10.0. The number of phenolic OH excluding ortho intramolecular Hbond substituents is 1. The van der Waals surface area contributed by atoms with Gasteiger partial charge in [-0.2, -0.15) is 5.10 Å². The lowest BCUT2D eigenvalue weighted by Gasteiger charge is -2.15. The van der Waals surface area contributed by atoms with Crippen LogP contribution in [0.3, 0.4) is 0 Å². The SMILES string of the molecule is O=C1OCCOc2cc3cn[nH]c3cc2-c2cc(c(F)cc2F)NS(=O)(=O)c2cc1cc(Cl)c2O. The smallest absolute Gasteiger partial charge is 0.338 e. The Kier molecular flexibility index (Phi) is 5.49. The van der Waals surface area contributed by atoms with Crippen LogP contribution in [0.15, 0.2) is 47.5 Å². The molecule has 0 radical (unpaired) electrons. The Morgan fingerprint density at radius 2 is 1.77 bits per heavy atom. The molecule has 1 aliphatic rings. The molecule has 2 heterocycles. The maximum Gasteiger partial charge on any atom is 0.338 e. The summed E-state index contributed by atoms with van der Waals surface area (Å²) in [6, 6.07) is 6.39. The number of nitrogens with one attached hydrogen (secondary N) is 2. The molecule has 180 valence electrons. The zero-order chi connectivity index (χ0) is 24.9. The van der Waals surface area contributed by atoms with Crippen LogP contribution in [0.5, 0.6) is 11.5 Å². The van der Waals surface area contributed by atoms with E-state index in [1.165, 1.54) is 12.3 Å². The Bertz CT molecular complexity index is 1620. The molecule has 0 amide bonds. The molecule has 3 aromatic carbocycles. The van der Waals surface area contributed by atoms with Crippen LogP contribution in [0.4, 0.5) is 14.5 Å². The van der Waals surface area contributed by atoms with Crippen molar-refractivity contribution in [1.82, 2.24) is 10.2 Å². The molecule has 4 aromatic rings. The van der Waals surface area contributed by atoms with Crippen LogP contribution in [0, 0.1) is 11.6 Å². The summed E-state index contributed by atoms with van der Waals surface area (Å²) in [5, 5.41) is 17.1. The highest BCUT2D eigenvalue weighted by atomic mass is 35.5. The summed E-state index contributed by atoms with van der Waals surface area (Å²) in [5.41, 5.74) is -0.400. The van der Waals surface area contributed by atoms with E-state index in [-0.39, 0.29) is 35.7 Å². The molecule has 0 atom stereocenters. The number of carbonyl (C=O) groups is 1. The number of anilines is 1. The maximum absolute atomic E-state index is 14.9. The lowest BCUT2D eigenvalue weighted by Crippen LogP contribution is -2.16. The normalized spacial score (nSPS) is 15.2. The van der Waals surface area contributed by atoms with E-state index in [0.717, 1.165) is 18.2 Å². The van der Waals surface area contributed by atoms with Crippen molar-refractivity contribution in [3.05, 3.63) is 64.8 Å². The largest absolute Gasteiger partial charge is 0.505 e. The summed E-state index contributed by atoms with van der Waals surface area (Å²) < 4.78 is 68.5. The van der Waals surface area contributed by atoms with Gasteiger partial charge < -0.3 is 14.6 Å². The number of hydrogen-bond donors (Lipinski definition) is 3. The van der Waals surface area contributed by atoms with Gasteiger partial charge in [0.15, 0.2) is 5.75 Å². The Hall–Kier alpha value is -3.90. The minimum Gasteiger partial charge on any atom is -0.505 e. The number of fused-ring (bicyclic) bond motifs is 7. The van der Waals surface area contributed by atoms with E-state index < -0.39 is 49.0 Å². The van der Waals surface area contributed by atoms with Crippen molar-refractivity contribution in [2.75, 3.05) is 17.9 Å². The first-order chi connectivity index (χ1) is 16.6. The van der Waals surface area contributed by atoms with Crippen molar-refractivity contribution in [2.45, 2.75) is 4.90 Å². The molecule has 13 heteroatoms. The minimum atomic E-state index is -4.69. The van der Waals surface area contributed by atoms with Crippen molar-refractivity contribution in [3.8, 4) is 22.6 Å². The molecule has 0 unspecified atom stereocenters. The number of H-pyrrole nitrogens is 1. The number of aromatic hydroxyl groups is 1.